The molecule has 2 saturated heterocycles. The average Bonchev–Trinajstić information content (AvgIpc) is 3.15. The first-order valence-corrected chi connectivity index (χ1v) is 9.73. The largest absolute Gasteiger partial charge is 0.372 e. The lowest BCUT2D eigenvalue weighted by molar-refractivity contribution is -0.188. The molecule has 1 atom stereocenters. The molecule has 1 spiro atoms. The molecular weight excluding hydrogens is 354 g/mol. The van der Waals surface area contributed by atoms with Gasteiger partial charge >= 0.3 is 0 Å². The quantitative estimate of drug-likeness (QED) is 0.758. The number of pyridine rings is 1. The SMILES string of the molecule is O=C(c1c[nH]c2ccccc12)N1CC2(CC(OCc3ccccn3)CCO2)C1. The number of fused-ring (bicyclic) bond motifs is 1. The third-order valence-corrected chi connectivity index (χ3v) is 5.71. The number of carbonyl (C=O) groups is 1. The number of H-pyrrole nitrogens is 1. The molecule has 1 amide bonds. The highest BCUT2D eigenvalue weighted by atomic mass is 16.5. The van der Waals surface area contributed by atoms with Crippen molar-refractivity contribution in [1.82, 2.24) is 14.9 Å². The topological polar surface area (TPSA) is 67.5 Å². The summed E-state index contributed by atoms with van der Waals surface area (Å²) in [5, 5.41) is 0.967. The lowest BCUT2D eigenvalue weighted by atomic mass is 9.84. The monoisotopic (exact) mass is 377 g/mol. The fraction of sp³-hybridized carbons (Fsp3) is 0.364. The van der Waals surface area contributed by atoms with Crippen LogP contribution >= 0.6 is 0 Å². The second kappa shape index (κ2) is 7.04. The Bertz CT molecular complexity index is 979. The van der Waals surface area contributed by atoms with Crippen LogP contribution in [0.2, 0.25) is 0 Å². The maximum absolute atomic E-state index is 12.9. The normalized spacial score (nSPS) is 21.0. The van der Waals surface area contributed by atoms with E-state index in [4.69, 9.17) is 9.47 Å². The second-order valence-corrected chi connectivity index (χ2v) is 7.69. The predicted molar refractivity (Wildman–Crippen MR) is 105 cm³/mol. The first-order chi connectivity index (χ1) is 13.7. The van der Waals surface area contributed by atoms with Crippen LogP contribution in [-0.4, -0.2) is 52.2 Å². The van der Waals surface area contributed by atoms with Gasteiger partial charge in [0.05, 0.1) is 37.1 Å². The van der Waals surface area contributed by atoms with Gasteiger partial charge in [0.1, 0.15) is 5.60 Å². The molecular formula is C22H23N3O3. The zero-order chi connectivity index (χ0) is 19.0. The van der Waals surface area contributed by atoms with Gasteiger partial charge in [-0.3, -0.25) is 9.78 Å². The smallest absolute Gasteiger partial charge is 0.256 e. The van der Waals surface area contributed by atoms with Gasteiger partial charge in [0.15, 0.2) is 0 Å². The molecule has 1 unspecified atom stereocenters. The average molecular weight is 377 g/mol. The minimum atomic E-state index is -0.269. The Morgan fingerprint density at radius 1 is 1.25 bits per heavy atom. The van der Waals surface area contributed by atoms with Crippen LogP contribution in [-0.2, 0) is 16.1 Å². The predicted octanol–water partition coefficient (Wildman–Crippen LogP) is 3.15. The summed E-state index contributed by atoms with van der Waals surface area (Å²) in [4.78, 5) is 22.3. The molecule has 28 heavy (non-hydrogen) atoms. The summed E-state index contributed by atoms with van der Waals surface area (Å²) in [7, 11) is 0. The van der Waals surface area contributed by atoms with Gasteiger partial charge in [0.2, 0.25) is 0 Å². The van der Waals surface area contributed by atoms with Gasteiger partial charge in [0, 0.05) is 36.3 Å². The minimum Gasteiger partial charge on any atom is -0.372 e. The molecule has 2 fully saturated rings. The molecule has 2 aliphatic rings. The highest BCUT2D eigenvalue weighted by Gasteiger charge is 2.49. The molecule has 5 rings (SSSR count). The molecule has 0 aliphatic carbocycles. The van der Waals surface area contributed by atoms with E-state index in [2.05, 4.69) is 9.97 Å². The number of amides is 1. The zero-order valence-corrected chi connectivity index (χ0v) is 15.6. The van der Waals surface area contributed by atoms with Crippen molar-refractivity contribution >= 4 is 16.8 Å². The van der Waals surface area contributed by atoms with Crippen molar-refractivity contribution in [3.8, 4) is 0 Å². The highest BCUT2D eigenvalue weighted by Crippen LogP contribution is 2.36. The first kappa shape index (κ1) is 17.4. The third kappa shape index (κ3) is 3.19. The Balaban J connectivity index is 1.21. The van der Waals surface area contributed by atoms with Gasteiger partial charge in [-0.1, -0.05) is 24.3 Å². The summed E-state index contributed by atoms with van der Waals surface area (Å²) >= 11 is 0. The molecule has 1 N–H and O–H groups in total. The van der Waals surface area contributed by atoms with Gasteiger partial charge in [-0.05, 0) is 24.6 Å². The molecule has 3 aromatic rings. The number of ether oxygens (including phenoxy) is 2. The number of nitrogens with one attached hydrogen (secondary N) is 1. The Morgan fingerprint density at radius 2 is 2.11 bits per heavy atom. The molecule has 144 valence electrons. The summed E-state index contributed by atoms with van der Waals surface area (Å²) in [5.41, 5.74) is 2.38. The summed E-state index contributed by atoms with van der Waals surface area (Å²) in [6.45, 7) is 2.42. The third-order valence-electron chi connectivity index (χ3n) is 5.71. The molecule has 0 saturated carbocycles. The first-order valence-electron chi connectivity index (χ1n) is 9.73. The number of para-hydroxylation sites is 1. The van der Waals surface area contributed by atoms with E-state index in [-0.39, 0.29) is 17.6 Å². The number of hydrogen-bond acceptors (Lipinski definition) is 4. The Hall–Kier alpha value is -2.70. The number of aromatic amines is 1. The summed E-state index contributed by atoms with van der Waals surface area (Å²) < 4.78 is 12.1. The van der Waals surface area contributed by atoms with Gasteiger partial charge in [0.25, 0.3) is 5.91 Å². The number of benzene rings is 1. The number of likely N-dealkylation sites (tertiary alicyclic amines) is 1. The Labute approximate surface area is 163 Å². The van der Waals surface area contributed by atoms with Crippen molar-refractivity contribution in [3.05, 3.63) is 66.1 Å². The molecule has 6 nitrogen and oxygen atoms in total. The van der Waals surface area contributed by atoms with E-state index in [9.17, 15) is 4.79 Å². The van der Waals surface area contributed by atoms with Crippen molar-refractivity contribution in [2.75, 3.05) is 19.7 Å². The number of nitrogens with zero attached hydrogens (tertiary/aromatic N) is 2. The van der Waals surface area contributed by atoms with Crippen molar-refractivity contribution in [1.29, 1.82) is 0 Å². The van der Waals surface area contributed by atoms with Gasteiger partial charge in [-0.15, -0.1) is 0 Å². The number of aromatic nitrogens is 2. The summed E-state index contributed by atoms with van der Waals surface area (Å²) in [6.07, 6.45) is 5.42. The molecule has 6 heteroatoms. The van der Waals surface area contributed by atoms with Crippen LogP contribution in [0.3, 0.4) is 0 Å². The minimum absolute atomic E-state index is 0.0585. The molecule has 2 aromatic heterocycles. The Kier molecular flexibility index (Phi) is 4.37. The highest BCUT2D eigenvalue weighted by molar-refractivity contribution is 6.07. The summed E-state index contributed by atoms with van der Waals surface area (Å²) in [5.74, 6) is 0.0585. The van der Waals surface area contributed by atoms with Crippen LogP contribution in [0.15, 0.2) is 54.9 Å². The fourth-order valence-electron chi connectivity index (χ4n) is 4.24. The van der Waals surface area contributed by atoms with Crippen molar-refractivity contribution in [2.24, 2.45) is 0 Å². The van der Waals surface area contributed by atoms with Crippen LogP contribution in [0.1, 0.15) is 28.9 Å². The molecule has 0 radical (unpaired) electrons. The molecule has 0 bridgehead atoms. The lowest BCUT2D eigenvalue weighted by Crippen LogP contribution is -2.67. The van der Waals surface area contributed by atoms with Crippen LogP contribution in [0.5, 0.6) is 0 Å². The van der Waals surface area contributed by atoms with Crippen LogP contribution in [0.25, 0.3) is 10.9 Å². The lowest BCUT2D eigenvalue weighted by Gasteiger charge is -2.53. The number of rotatable bonds is 4. The standard InChI is InChI=1S/C22H23N3O3/c26-21(19-12-24-20-7-2-1-6-18(19)20)25-14-22(15-25)11-17(8-10-28-22)27-13-16-5-3-4-9-23-16/h1-7,9,12,17,24H,8,10-11,13-15H2. The van der Waals surface area contributed by atoms with E-state index in [1.807, 2.05) is 47.4 Å². The van der Waals surface area contributed by atoms with Crippen LogP contribution < -0.4 is 0 Å². The summed E-state index contributed by atoms with van der Waals surface area (Å²) in [6, 6.07) is 13.7. The van der Waals surface area contributed by atoms with E-state index < -0.39 is 0 Å². The zero-order valence-electron chi connectivity index (χ0n) is 15.6. The van der Waals surface area contributed by atoms with Crippen molar-refractivity contribution in [3.63, 3.8) is 0 Å². The van der Waals surface area contributed by atoms with Crippen molar-refractivity contribution < 1.29 is 14.3 Å². The van der Waals surface area contributed by atoms with Crippen LogP contribution in [0, 0.1) is 0 Å². The molecule has 4 heterocycles. The van der Waals surface area contributed by atoms with E-state index in [0.717, 1.165) is 35.0 Å². The van der Waals surface area contributed by atoms with Gasteiger partial charge in [-0.2, -0.15) is 0 Å². The van der Waals surface area contributed by atoms with E-state index in [1.54, 1.807) is 12.4 Å². The fourth-order valence-corrected chi connectivity index (χ4v) is 4.24. The van der Waals surface area contributed by atoms with E-state index in [1.165, 1.54) is 0 Å². The number of hydrogen-bond donors (Lipinski definition) is 1. The van der Waals surface area contributed by atoms with Crippen molar-refractivity contribution in [2.45, 2.75) is 31.2 Å². The van der Waals surface area contributed by atoms with Gasteiger partial charge < -0.3 is 19.4 Å². The van der Waals surface area contributed by atoms with Crippen LogP contribution in [0.4, 0.5) is 0 Å². The van der Waals surface area contributed by atoms with Gasteiger partial charge in [-0.25, -0.2) is 0 Å². The maximum atomic E-state index is 12.9. The maximum Gasteiger partial charge on any atom is 0.256 e. The van der Waals surface area contributed by atoms with E-state index in [0.29, 0.717) is 26.3 Å². The Morgan fingerprint density at radius 3 is 2.96 bits per heavy atom. The number of carbonyl (C=O) groups excluding carboxylic acids is 1. The molecule has 1 aromatic carbocycles. The second-order valence-electron chi connectivity index (χ2n) is 7.69. The van der Waals surface area contributed by atoms with E-state index >= 15 is 0 Å². The molecule has 2 aliphatic heterocycles.